The number of benzene rings is 1. The molecule has 2 heterocycles. The molecule has 23 heavy (non-hydrogen) atoms. The summed E-state index contributed by atoms with van der Waals surface area (Å²) in [4.78, 5) is 9.02. The Labute approximate surface area is 160 Å². The topological polar surface area (TPSA) is 38.1 Å². The van der Waals surface area contributed by atoms with Crippen molar-refractivity contribution in [2.45, 2.75) is 0 Å². The zero-order valence-corrected chi connectivity index (χ0v) is 17.4. The van der Waals surface area contributed by atoms with Crippen LogP contribution in [0.2, 0.25) is 0 Å². The van der Waals surface area contributed by atoms with E-state index in [-0.39, 0.29) is 37.2 Å². The van der Waals surface area contributed by atoms with Crippen LogP contribution in [-0.2, 0) is 18.3 Å². The normalized spacial score (nSPS) is 8.30. The van der Waals surface area contributed by atoms with E-state index in [1.54, 1.807) is 0 Å². The third-order valence-corrected chi connectivity index (χ3v) is 9.27. The molecule has 0 saturated heterocycles. The fourth-order valence-electron chi connectivity index (χ4n) is 1.79. The van der Waals surface area contributed by atoms with Crippen molar-refractivity contribution in [3.8, 4) is 0 Å². The van der Waals surface area contributed by atoms with Gasteiger partial charge in [-0.25, -0.2) is 0 Å². The molecule has 0 N–H and O–H groups in total. The van der Waals surface area contributed by atoms with Crippen LogP contribution in [0.1, 0.15) is 0 Å². The van der Waals surface area contributed by atoms with Crippen LogP contribution in [0.5, 0.6) is 0 Å². The summed E-state index contributed by atoms with van der Waals surface area (Å²) >= 11 is -2.52. The van der Waals surface area contributed by atoms with Crippen LogP contribution in [0, 0.1) is 0 Å². The van der Waals surface area contributed by atoms with Crippen molar-refractivity contribution < 1.29 is 55.5 Å². The number of halogens is 3. The average Bonchev–Trinajstić information content (AvgIpc) is 2.55. The van der Waals surface area contributed by atoms with E-state index in [1.807, 2.05) is 67.0 Å². The van der Waals surface area contributed by atoms with Crippen molar-refractivity contribution in [1.82, 2.24) is 9.97 Å². The molecule has 0 aliphatic carbocycles. The molecule has 0 amide bonds. The van der Waals surface area contributed by atoms with Crippen molar-refractivity contribution in [2.24, 2.45) is 3.34 Å². The second-order valence-corrected chi connectivity index (χ2v) is 10.4. The molecule has 1 aromatic carbocycles. The van der Waals surface area contributed by atoms with Gasteiger partial charge >= 0.3 is 124 Å². The van der Waals surface area contributed by atoms with E-state index in [2.05, 4.69) is 22.1 Å². The van der Waals surface area contributed by atoms with Gasteiger partial charge in [0.15, 0.2) is 0 Å². The Bertz CT molecular complexity index is 669. The minimum atomic E-state index is -2.52. The van der Waals surface area contributed by atoms with Gasteiger partial charge in [0.25, 0.3) is 0 Å². The summed E-state index contributed by atoms with van der Waals surface area (Å²) in [5, 5.41) is 0. The maximum atomic E-state index is 4.98. The molecule has 0 fully saturated rings. The van der Waals surface area contributed by atoms with Crippen LogP contribution in [0.4, 0.5) is 5.69 Å². The third kappa shape index (κ3) is 6.15. The second-order valence-electron chi connectivity index (χ2n) is 4.12. The summed E-state index contributed by atoms with van der Waals surface area (Å²) in [6, 6.07) is 22.2. The summed E-state index contributed by atoms with van der Waals surface area (Å²) in [6.45, 7) is 0. The van der Waals surface area contributed by atoms with Gasteiger partial charge in [-0.2, -0.15) is 0 Å². The van der Waals surface area contributed by atoms with Gasteiger partial charge in [0, 0.05) is 0 Å². The fraction of sp³-hybridized carbons (Fsp3) is 0. The molecular formula is C16H13Cl3N3Ta. The van der Waals surface area contributed by atoms with E-state index >= 15 is 0 Å². The molecule has 3 aromatic rings. The van der Waals surface area contributed by atoms with Gasteiger partial charge < -0.3 is 37.2 Å². The SMILES string of the molecule is [Cl-].[Cl-].[Cl-].c1ccc([N]=[Ta+3]([c]2ccccn2)[c]2ccccn2)cc1. The molecule has 3 nitrogen and oxygen atoms in total. The summed E-state index contributed by atoms with van der Waals surface area (Å²) in [6.07, 6.45) is 3.67. The number of nitrogens with zero attached hydrogens (tertiary/aromatic N) is 3. The summed E-state index contributed by atoms with van der Waals surface area (Å²) < 4.78 is 7.18. The first-order valence-electron chi connectivity index (χ1n) is 6.32. The zero-order valence-electron chi connectivity index (χ0n) is 11.9. The molecule has 0 unspecified atom stereocenters. The Kier molecular flexibility index (Phi) is 10.9. The monoisotopic (exact) mass is 533 g/mol. The van der Waals surface area contributed by atoms with Crippen molar-refractivity contribution in [1.29, 1.82) is 0 Å². The van der Waals surface area contributed by atoms with Gasteiger partial charge in [-0.15, -0.1) is 0 Å². The van der Waals surface area contributed by atoms with Crippen molar-refractivity contribution in [3.05, 3.63) is 79.1 Å². The molecule has 0 aliphatic heterocycles. The molecule has 7 heteroatoms. The van der Waals surface area contributed by atoms with Gasteiger partial charge in [-0.05, 0) is 0 Å². The van der Waals surface area contributed by atoms with E-state index in [4.69, 9.17) is 3.34 Å². The Morgan fingerprint density at radius 1 is 0.609 bits per heavy atom. The predicted molar refractivity (Wildman–Crippen MR) is 76.3 cm³/mol. The molecule has 0 aliphatic rings. The number of aromatic nitrogens is 2. The summed E-state index contributed by atoms with van der Waals surface area (Å²) in [5.41, 5.74) is 1.02. The van der Waals surface area contributed by atoms with Crippen LogP contribution in [0.25, 0.3) is 0 Å². The van der Waals surface area contributed by atoms with Gasteiger partial charge in [-0.1, -0.05) is 0 Å². The van der Waals surface area contributed by atoms with Crippen molar-refractivity contribution in [3.63, 3.8) is 0 Å². The molecule has 0 saturated carbocycles. The number of rotatable bonds is 3. The van der Waals surface area contributed by atoms with Crippen LogP contribution in [0.15, 0.2) is 82.5 Å². The number of pyridine rings is 2. The van der Waals surface area contributed by atoms with E-state index in [0.29, 0.717) is 0 Å². The number of hydrogen-bond donors (Lipinski definition) is 0. The standard InChI is InChI=1S/C6H5N.2C5H4N.3ClH.Ta/c7-6-4-2-1-3-5-6;2*1-2-4-6-5-3-1;;;;/h1-5H;2*1-4H;3*1H;/q;;;;;;+3/p-3. The van der Waals surface area contributed by atoms with E-state index in [9.17, 15) is 0 Å². The third-order valence-electron chi connectivity index (χ3n) is 2.70. The molecule has 0 bridgehead atoms. The average molecular weight is 535 g/mol. The van der Waals surface area contributed by atoms with Crippen molar-refractivity contribution >= 4 is 13.5 Å². The first-order chi connectivity index (χ1) is 9.93. The van der Waals surface area contributed by atoms with E-state index in [1.165, 1.54) is 0 Å². The molecule has 2 aromatic heterocycles. The predicted octanol–water partition coefficient (Wildman–Crippen LogP) is -6.43. The Balaban J connectivity index is 0.00000161. The molecule has 3 rings (SSSR count). The molecule has 0 spiro atoms. The van der Waals surface area contributed by atoms with Crippen LogP contribution < -0.4 is 45.0 Å². The summed E-state index contributed by atoms with van der Waals surface area (Å²) in [5.74, 6) is 0. The molecule has 0 atom stereocenters. The first kappa shape index (κ1) is 21.9. The van der Waals surface area contributed by atoms with Crippen LogP contribution >= 0.6 is 0 Å². The minimum absolute atomic E-state index is 0. The first-order valence-corrected chi connectivity index (χ1v) is 11.0. The van der Waals surface area contributed by atoms with E-state index in [0.717, 1.165) is 13.5 Å². The Morgan fingerprint density at radius 2 is 1.09 bits per heavy atom. The quantitative estimate of drug-likeness (QED) is 0.336. The van der Waals surface area contributed by atoms with Gasteiger partial charge in [0.2, 0.25) is 0 Å². The second kappa shape index (κ2) is 11.5. The van der Waals surface area contributed by atoms with E-state index < -0.39 is 18.3 Å². The zero-order chi connectivity index (χ0) is 13.6. The summed E-state index contributed by atoms with van der Waals surface area (Å²) in [7, 11) is 0. The van der Waals surface area contributed by atoms with Crippen LogP contribution in [-0.4, -0.2) is 9.97 Å². The fourth-order valence-corrected chi connectivity index (χ4v) is 7.57. The van der Waals surface area contributed by atoms with Crippen molar-refractivity contribution in [2.75, 3.05) is 0 Å². The molecule has 118 valence electrons. The number of hydrogen-bond acceptors (Lipinski definition) is 3. The van der Waals surface area contributed by atoms with Gasteiger partial charge in [0.1, 0.15) is 0 Å². The van der Waals surface area contributed by atoms with Gasteiger partial charge in [0.05, 0.1) is 0 Å². The van der Waals surface area contributed by atoms with Crippen LogP contribution in [0.3, 0.4) is 0 Å². The maximum absolute atomic E-state index is 4.98. The Morgan fingerprint density at radius 3 is 1.52 bits per heavy atom. The molecular weight excluding hydrogens is 522 g/mol. The molecule has 0 radical (unpaired) electrons. The Hall–Kier alpha value is -1.07. The van der Waals surface area contributed by atoms with Gasteiger partial charge in [-0.3, -0.25) is 0 Å².